The highest BCUT2D eigenvalue weighted by Gasteiger charge is 2.61. The molecule has 0 aliphatic carbocycles. The van der Waals surface area contributed by atoms with Crippen molar-refractivity contribution in [3.8, 4) is 0 Å². The van der Waals surface area contributed by atoms with Gasteiger partial charge in [0.2, 0.25) is 5.91 Å². The van der Waals surface area contributed by atoms with Gasteiger partial charge in [-0.05, 0) is 6.92 Å². The van der Waals surface area contributed by atoms with Gasteiger partial charge in [-0.2, -0.15) is 4.98 Å². The molecule has 3 unspecified atom stereocenters. The number of rotatable bonds is 5. The first-order valence-corrected chi connectivity index (χ1v) is 9.34. The van der Waals surface area contributed by atoms with E-state index in [1.54, 1.807) is 0 Å². The lowest BCUT2D eigenvalue weighted by Crippen LogP contribution is -2.64. The van der Waals surface area contributed by atoms with Gasteiger partial charge in [-0.15, -0.1) is 11.8 Å². The smallest absolute Gasteiger partial charge is 0.339 e. The molecule has 1 amide bonds. The van der Waals surface area contributed by atoms with Crippen LogP contribution >= 0.6 is 23.5 Å². The van der Waals surface area contributed by atoms with Crippen LogP contribution in [-0.2, 0) is 16.6 Å². The van der Waals surface area contributed by atoms with Gasteiger partial charge in [0.05, 0.1) is 17.4 Å². The predicted molar refractivity (Wildman–Crippen MR) is 89.4 cm³/mol. The third-order valence-electron chi connectivity index (χ3n) is 4.18. The van der Waals surface area contributed by atoms with Crippen LogP contribution in [0.25, 0.3) is 0 Å². The zero-order valence-corrected chi connectivity index (χ0v) is 14.9. The number of aryl methyl sites for hydroxylation is 1. The number of amides is 1. The summed E-state index contributed by atoms with van der Waals surface area (Å²) in [5, 5.41) is 21.0. The predicted octanol–water partition coefficient (Wildman–Crippen LogP) is -1.71. The summed E-state index contributed by atoms with van der Waals surface area (Å²) in [4.78, 5) is 51.3. The lowest BCUT2D eigenvalue weighted by molar-refractivity contribution is -0.167. The zero-order valence-electron chi connectivity index (χ0n) is 13.3. The van der Waals surface area contributed by atoms with Gasteiger partial charge in [-0.25, -0.2) is 4.79 Å². The van der Waals surface area contributed by atoms with Gasteiger partial charge < -0.3 is 15.1 Å². The molecule has 3 rings (SSSR count). The Kier molecular flexibility index (Phi) is 4.68. The standard InChI is InChI=1S/C13H16N4O6S2/c1-4(18)6-10(21)17-7(12(22)23)5(25-11(6)17)3-24-13-14-8(19)9(20)15-16(13)2/h4-7,11,18H,3H2,1-2H3,(H,15,20)(H,22,23)/t4?,5?,6-,7?,11+/m0/s1. The van der Waals surface area contributed by atoms with Crippen molar-refractivity contribution in [3.63, 3.8) is 0 Å². The Morgan fingerprint density at radius 1 is 1.44 bits per heavy atom. The molecule has 0 saturated carbocycles. The average Bonchev–Trinajstić information content (AvgIpc) is 2.83. The number of H-pyrrole nitrogens is 1. The van der Waals surface area contributed by atoms with Crippen molar-refractivity contribution in [2.75, 3.05) is 5.75 Å². The number of aromatic amines is 1. The number of aliphatic hydroxyl groups excluding tert-OH is 1. The molecule has 0 bridgehead atoms. The molecule has 0 radical (unpaired) electrons. The van der Waals surface area contributed by atoms with Crippen molar-refractivity contribution >= 4 is 35.4 Å². The van der Waals surface area contributed by atoms with Crippen molar-refractivity contribution in [1.82, 2.24) is 19.7 Å². The van der Waals surface area contributed by atoms with E-state index in [1.807, 2.05) is 0 Å². The van der Waals surface area contributed by atoms with Gasteiger partial charge in [-0.3, -0.25) is 24.2 Å². The van der Waals surface area contributed by atoms with Gasteiger partial charge >= 0.3 is 17.1 Å². The van der Waals surface area contributed by atoms with Crippen LogP contribution in [0.15, 0.2) is 14.7 Å². The number of hydrogen-bond donors (Lipinski definition) is 3. The number of thioether (sulfide) groups is 2. The van der Waals surface area contributed by atoms with E-state index in [1.165, 1.54) is 35.3 Å². The van der Waals surface area contributed by atoms with Crippen molar-refractivity contribution in [3.05, 3.63) is 20.7 Å². The summed E-state index contributed by atoms with van der Waals surface area (Å²) in [6.45, 7) is 1.51. The Morgan fingerprint density at radius 2 is 2.12 bits per heavy atom. The third-order valence-corrected chi connectivity index (χ3v) is 7.12. The minimum absolute atomic E-state index is 0.252. The van der Waals surface area contributed by atoms with E-state index in [9.17, 15) is 29.4 Å². The first-order chi connectivity index (χ1) is 11.7. The Morgan fingerprint density at radius 3 is 2.72 bits per heavy atom. The van der Waals surface area contributed by atoms with Gasteiger partial charge in [0.1, 0.15) is 6.04 Å². The topological polar surface area (TPSA) is 146 Å². The number of aliphatic hydroxyl groups is 1. The maximum absolute atomic E-state index is 12.1. The lowest BCUT2D eigenvalue weighted by Gasteiger charge is -2.44. The van der Waals surface area contributed by atoms with Crippen LogP contribution in [0.1, 0.15) is 6.92 Å². The highest BCUT2D eigenvalue weighted by Crippen LogP contribution is 2.49. The zero-order chi connectivity index (χ0) is 18.5. The number of carboxylic acid groups (broad SMARTS) is 1. The average molecular weight is 388 g/mol. The minimum atomic E-state index is -1.11. The molecule has 2 aliphatic heterocycles. The second kappa shape index (κ2) is 6.50. The SMILES string of the molecule is CC(O)[C@H]1C(=O)N2C(C(=O)O)C(CSc3nc(=O)c(=O)[nH]n3C)S[C@H]12. The second-order valence-electron chi connectivity index (χ2n) is 5.87. The maximum atomic E-state index is 12.1. The summed E-state index contributed by atoms with van der Waals surface area (Å²) in [6, 6.07) is -0.996. The number of aromatic nitrogens is 3. The molecule has 1 aromatic rings. The van der Waals surface area contributed by atoms with Crippen LogP contribution in [0.4, 0.5) is 0 Å². The summed E-state index contributed by atoms with van der Waals surface area (Å²) in [6.07, 6.45) is -0.844. The first kappa shape index (κ1) is 18.0. The number of carboxylic acids is 1. The van der Waals surface area contributed by atoms with E-state index in [2.05, 4.69) is 10.1 Å². The summed E-state index contributed by atoms with van der Waals surface area (Å²) in [5.74, 6) is -1.79. The Balaban J connectivity index is 1.77. The van der Waals surface area contributed by atoms with Gasteiger partial charge in [0.25, 0.3) is 0 Å². The van der Waals surface area contributed by atoms with Gasteiger partial charge in [-0.1, -0.05) is 11.8 Å². The van der Waals surface area contributed by atoms with E-state index in [0.29, 0.717) is 0 Å². The number of aliphatic carboxylic acids is 1. The first-order valence-electron chi connectivity index (χ1n) is 7.41. The van der Waals surface area contributed by atoms with Crippen molar-refractivity contribution in [1.29, 1.82) is 0 Å². The largest absolute Gasteiger partial charge is 0.480 e. The molecule has 25 heavy (non-hydrogen) atoms. The highest BCUT2D eigenvalue weighted by atomic mass is 32.2. The number of carbonyl (C=O) groups excluding carboxylic acids is 1. The van der Waals surface area contributed by atoms with E-state index < -0.39 is 40.4 Å². The molecule has 3 N–H and O–H groups in total. The Hall–Kier alpha value is -1.79. The van der Waals surface area contributed by atoms with Gasteiger partial charge in [0, 0.05) is 18.1 Å². The molecule has 0 aromatic carbocycles. The molecule has 2 fully saturated rings. The molecule has 12 heteroatoms. The van der Waals surface area contributed by atoms with Crippen LogP contribution in [0.3, 0.4) is 0 Å². The molecule has 136 valence electrons. The van der Waals surface area contributed by atoms with Crippen molar-refractivity contribution < 1.29 is 19.8 Å². The summed E-state index contributed by atoms with van der Waals surface area (Å²) < 4.78 is 1.29. The third kappa shape index (κ3) is 2.98. The maximum Gasteiger partial charge on any atom is 0.339 e. The molecule has 2 aliphatic rings. The molecular weight excluding hydrogens is 372 g/mol. The number of nitrogens with zero attached hydrogens (tertiary/aromatic N) is 3. The quantitative estimate of drug-likeness (QED) is 0.305. The Labute approximate surface area is 149 Å². The molecule has 2 saturated heterocycles. The fourth-order valence-corrected chi connectivity index (χ4v) is 6.02. The number of carbonyl (C=O) groups is 2. The molecule has 1 aromatic heterocycles. The van der Waals surface area contributed by atoms with E-state index >= 15 is 0 Å². The Bertz CT molecular complexity index is 837. The van der Waals surface area contributed by atoms with E-state index in [0.717, 1.165) is 11.8 Å². The fraction of sp³-hybridized carbons (Fsp3) is 0.615. The number of hydrogen-bond acceptors (Lipinski definition) is 8. The lowest BCUT2D eigenvalue weighted by atomic mass is 9.91. The van der Waals surface area contributed by atoms with Crippen LogP contribution < -0.4 is 11.1 Å². The number of β-lactam (4-membered cyclic amide) rings is 1. The molecule has 3 heterocycles. The van der Waals surface area contributed by atoms with Crippen LogP contribution in [0, 0.1) is 5.92 Å². The molecule has 0 spiro atoms. The number of nitrogens with one attached hydrogen (secondary N) is 1. The number of fused-ring (bicyclic) bond motifs is 1. The fourth-order valence-electron chi connectivity index (χ4n) is 2.99. The van der Waals surface area contributed by atoms with E-state index in [4.69, 9.17) is 0 Å². The summed E-state index contributed by atoms with van der Waals surface area (Å²) in [5.41, 5.74) is -1.75. The van der Waals surface area contributed by atoms with E-state index in [-0.39, 0.29) is 22.2 Å². The minimum Gasteiger partial charge on any atom is -0.480 e. The van der Waals surface area contributed by atoms with Crippen LogP contribution in [0.5, 0.6) is 0 Å². The monoisotopic (exact) mass is 388 g/mol. The van der Waals surface area contributed by atoms with Crippen LogP contribution in [-0.4, -0.2) is 70.3 Å². The molecule has 10 nitrogen and oxygen atoms in total. The molecular formula is C13H16N4O6S2. The highest BCUT2D eigenvalue weighted by molar-refractivity contribution is 8.04. The summed E-state index contributed by atoms with van der Waals surface area (Å²) in [7, 11) is 1.52. The van der Waals surface area contributed by atoms with Crippen molar-refractivity contribution in [2.45, 2.75) is 34.8 Å². The van der Waals surface area contributed by atoms with Crippen LogP contribution in [0.2, 0.25) is 0 Å². The van der Waals surface area contributed by atoms with Gasteiger partial charge in [0.15, 0.2) is 5.16 Å². The molecule has 5 atom stereocenters. The summed E-state index contributed by atoms with van der Waals surface area (Å²) >= 11 is 2.45. The second-order valence-corrected chi connectivity index (χ2v) is 8.22. The normalized spacial score (nSPS) is 29.2. The van der Waals surface area contributed by atoms with Crippen molar-refractivity contribution in [2.24, 2.45) is 13.0 Å².